The predicted octanol–water partition coefficient (Wildman–Crippen LogP) is 3.22. The van der Waals surface area contributed by atoms with Gasteiger partial charge in [-0.1, -0.05) is 0 Å². The molecular formula is C23H25FN4O2. The smallest absolute Gasteiger partial charge is 0.255 e. The zero-order valence-electron chi connectivity index (χ0n) is 17.0. The molecule has 2 amide bonds. The van der Waals surface area contributed by atoms with Crippen molar-refractivity contribution in [1.29, 1.82) is 0 Å². The van der Waals surface area contributed by atoms with Gasteiger partial charge in [0, 0.05) is 54.5 Å². The van der Waals surface area contributed by atoms with Crippen molar-refractivity contribution in [2.75, 3.05) is 19.6 Å². The number of benzene rings is 1. The first-order chi connectivity index (χ1) is 14.5. The van der Waals surface area contributed by atoms with Crippen molar-refractivity contribution >= 4 is 22.7 Å². The minimum absolute atomic E-state index is 0.0205. The molecule has 2 N–H and O–H groups in total. The van der Waals surface area contributed by atoms with E-state index in [1.807, 2.05) is 6.92 Å². The number of rotatable bonds is 5. The monoisotopic (exact) mass is 408 g/mol. The summed E-state index contributed by atoms with van der Waals surface area (Å²) in [6.45, 7) is 3.58. The van der Waals surface area contributed by atoms with Crippen LogP contribution in [0.3, 0.4) is 0 Å². The molecule has 156 valence electrons. The van der Waals surface area contributed by atoms with E-state index in [2.05, 4.69) is 15.3 Å². The molecule has 3 heterocycles. The minimum atomic E-state index is -0.264. The van der Waals surface area contributed by atoms with Gasteiger partial charge in [-0.15, -0.1) is 0 Å². The van der Waals surface area contributed by atoms with Gasteiger partial charge in [0.05, 0.1) is 5.56 Å². The van der Waals surface area contributed by atoms with E-state index in [1.165, 1.54) is 12.1 Å². The number of carbonyl (C=O) groups is 2. The number of H-pyrrole nitrogens is 1. The molecular weight excluding hydrogens is 383 g/mol. The third-order valence-corrected chi connectivity index (χ3v) is 5.82. The molecule has 0 spiro atoms. The highest BCUT2D eigenvalue weighted by atomic mass is 19.1. The number of likely N-dealkylation sites (tertiary alicyclic amines) is 1. The summed E-state index contributed by atoms with van der Waals surface area (Å²) < 4.78 is 13.6. The topological polar surface area (TPSA) is 78.1 Å². The molecule has 1 fully saturated rings. The van der Waals surface area contributed by atoms with Gasteiger partial charge in [-0.25, -0.2) is 4.39 Å². The summed E-state index contributed by atoms with van der Waals surface area (Å²) in [6, 6.07) is 8.21. The highest BCUT2D eigenvalue weighted by molar-refractivity contribution is 5.94. The lowest BCUT2D eigenvalue weighted by Gasteiger charge is -2.31. The lowest BCUT2D eigenvalue weighted by Crippen LogP contribution is -2.43. The number of aromatic nitrogens is 2. The molecule has 1 aliphatic heterocycles. The molecule has 0 saturated carbocycles. The molecule has 0 aliphatic carbocycles. The number of amides is 2. The van der Waals surface area contributed by atoms with Gasteiger partial charge in [0.25, 0.3) is 5.91 Å². The fourth-order valence-electron chi connectivity index (χ4n) is 4.15. The Morgan fingerprint density at radius 1 is 1.27 bits per heavy atom. The minimum Gasteiger partial charge on any atom is -0.358 e. The molecule has 1 aromatic carbocycles. The number of hydrogen-bond donors (Lipinski definition) is 2. The Hall–Kier alpha value is -3.22. The largest absolute Gasteiger partial charge is 0.358 e. The number of nitrogens with zero attached hydrogens (tertiary/aromatic N) is 2. The molecule has 4 rings (SSSR count). The third-order valence-electron chi connectivity index (χ3n) is 5.82. The van der Waals surface area contributed by atoms with E-state index in [0.717, 1.165) is 22.2 Å². The van der Waals surface area contributed by atoms with Crippen molar-refractivity contribution in [2.24, 2.45) is 5.92 Å². The first-order valence-corrected chi connectivity index (χ1v) is 10.3. The summed E-state index contributed by atoms with van der Waals surface area (Å²) in [7, 11) is 0. The molecule has 0 unspecified atom stereocenters. The van der Waals surface area contributed by atoms with Crippen LogP contribution in [0.2, 0.25) is 0 Å². The van der Waals surface area contributed by atoms with Crippen molar-refractivity contribution in [3.63, 3.8) is 0 Å². The third kappa shape index (κ3) is 4.20. The molecule has 0 radical (unpaired) electrons. The summed E-state index contributed by atoms with van der Waals surface area (Å²) in [4.78, 5) is 34.1. The number of aryl methyl sites for hydroxylation is 1. The molecule has 30 heavy (non-hydrogen) atoms. The fraction of sp³-hybridized carbons (Fsp3) is 0.348. The Balaban J connectivity index is 1.28. The van der Waals surface area contributed by atoms with Crippen molar-refractivity contribution in [3.8, 4) is 0 Å². The van der Waals surface area contributed by atoms with E-state index in [4.69, 9.17) is 0 Å². The summed E-state index contributed by atoms with van der Waals surface area (Å²) in [6.07, 6.45) is 5.14. The molecule has 1 aliphatic rings. The Morgan fingerprint density at radius 2 is 2.07 bits per heavy atom. The lowest BCUT2D eigenvalue weighted by atomic mass is 9.95. The maximum atomic E-state index is 13.6. The van der Waals surface area contributed by atoms with Crippen LogP contribution in [0.1, 0.15) is 34.5 Å². The second kappa shape index (κ2) is 8.65. The fourth-order valence-corrected chi connectivity index (χ4v) is 4.15. The van der Waals surface area contributed by atoms with Crippen LogP contribution in [0.15, 0.2) is 42.7 Å². The number of hydrogen-bond acceptors (Lipinski definition) is 3. The Morgan fingerprint density at radius 3 is 2.80 bits per heavy atom. The van der Waals surface area contributed by atoms with Crippen LogP contribution >= 0.6 is 0 Å². The number of halogens is 1. The number of piperidine rings is 1. The number of fused-ring (bicyclic) bond motifs is 1. The van der Waals surface area contributed by atoms with Crippen LogP contribution in [0, 0.1) is 18.7 Å². The predicted molar refractivity (Wildman–Crippen MR) is 113 cm³/mol. The van der Waals surface area contributed by atoms with Gasteiger partial charge in [0.1, 0.15) is 5.82 Å². The molecule has 2 aromatic heterocycles. The highest BCUT2D eigenvalue weighted by Crippen LogP contribution is 2.24. The molecule has 1 saturated heterocycles. The van der Waals surface area contributed by atoms with Crippen molar-refractivity contribution in [2.45, 2.75) is 26.2 Å². The van der Waals surface area contributed by atoms with Crippen LogP contribution < -0.4 is 5.32 Å². The molecule has 0 atom stereocenters. The van der Waals surface area contributed by atoms with E-state index >= 15 is 0 Å². The SMILES string of the molecule is Cc1[nH]c2ccc(F)cc2c1CCNC(=O)C1CCN(C(=O)c2cccnc2)CC1. The summed E-state index contributed by atoms with van der Waals surface area (Å²) in [5.41, 5.74) is 3.50. The maximum absolute atomic E-state index is 13.6. The van der Waals surface area contributed by atoms with Crippen molar-refractivity contribution in [3.05, 3.63) is 65.4 Å². The summed E-state index contributed by atoms with van der Waals surface area (Å²) >= 11 is 0. The first kappa shape index (κ1) is 20.1. The van der Waals surface area contributed by atoms with Gasteiger partial charge in [-0.2, -0.15) is 0 Å². The average Bonchev–Trinajstić information content (AvgIpc) is 3.08. The molecule has 0 bridgehead atoms. The van der Waals surface area contributed by atoms with E-state index in [1.54, 1.807) is 35.5 Å². The quantitative estimate of drug-likeness (QED) is 0.680. The standard InChI is InChI=1S/C23H25FN4O2/c1-15-19(20-13-18(24)4-5-21(20)27-15)6-10-26-22(29)16-7-11-28(12-8-16)23(30)17-3-2-9-25-14-17/h2-5,9,13-14,16,27H,6-8,10-12H2,1H3,(H,26,29). The summed E-state index contributed by atoms with van der Waals surface area (Å²) in [5.74, 6) is -0.375. The number of pyridine rings is 1. The number of nitrogens with one attached hydrogen (secondary N) is 2. The van der Waals surface area contributed by atoms with Gasteiger partial charge in [0.15, 0.2) is 0 Å². The zero-order valence-corrected chi connectivity index (χ0v) is 17.0. The first-order valence-electron chi connectivity index (χ1n) is 10.3. The van der Waals surface area contributed by atoms with Crippen LogP contribution in [0.5, 0.6) is 0 Å². The van der Waals surface area contributed by atoms with Gasteiger partial charge in [0.2, 0.25) is 5.91 Å². The van der Waals surface area contributed by atoms with Gasteiger partial charge < -0.3 is 15.2 Å². The Bertz CT molecular complexity index is 1060. The highest BCUT2D eigenvalue weighted by Gasteiger charge is 2.27. The second-order valence-corrected chi connectivity index (χ2v) is 7.77. The molecule has 7 heteroatoms. The molecule has 6 nitrogen and oxygen atoms in total. The van der Waals surface area contributed by atoms with Gasteiger partial charge in [-0.3, -0.25) is 14.6 Å². The molecule has 3 aromatic rings. The van der Waals surface area contributed by atoms with E-state index < -0.39 is 0 Å². The normalized spacial score (nSPS) is 14.8. The van der Waals surface area contributed by atoms with Crippen LogP contribution in [0.25, 0.3) is 10.9 Å². The van der Waals surface area contributed by atoms with Crippen LogP contribution in [-0.4, -0.2) is 46.3 Å². The Labute approximate surface area is 174 Å². The van der Waals surface area contributed by atoms with Crippen LogP contribution in [-0.2, 0) is 11.2 Å². The summed E-state index contributed by atoms with van der Waals surface area (Å²) in [5, 5.41) is 3.88. The number of carbonyl (C=O) groups excluding carboxylic acids is 2. The van der Waals surface area contributed by atoms with Gasteiger partial charge in [-0.05, 0) is 62.1 Å². The van der Waals surface area contributed by atoms with Crippen LogP contribution in [0.4, 0.5) is 4.39 Å². The average molecular weight is 408 g/mol. The van der Waals surface area contributed by atoms with E-state index in [9.17, 15) is 14.0 Å². The maximum Gasteiger partial charge on any atom is 0.255 e. The Kier molecular flexibility index (Phi) is 5.79. The van der Waals surface area contributed by atoms with Gasteiger partial charge >= 0.3 is 0 Å². The van der Waals surface area contributed by atoms with Crippen molar-refractivity contribution < 1.29 is 14.0 Å². The number of aromatic amines is 1. The van der Waals surface area contributed by atoms with Crippen molar-refractivity contribution in [1.82, 2.24) is 20.2 Å². The lowest BCUT2D eigenvalue weighted by molar-refractivity contribution is -0.126. The second-order valence-electron chi connectivity index (χ2n) is 7.77. The van der Waals surface area contributed by atoms with E-state index in [-0.39, 0.29) is 23.5 Å². The zero-order chi connectivity index (χ0) is 21.1. The van der Waals surface area contributed by atoms with E-state index in [0.29, 0.717) is 44.5 Å².